The van der Waals surface area contributed by atoms with Crippen LogP contribution in [0.25, 0.3) is 0 Å². The minimum Gasteiger partial charge on any atom is -0.476 e. The number of hydrogen-bond acceptors (Lipinski definition) is 5. The lowest BCUT2D eigenvalue weighted by Crippen LogP contribution is -2.42. The van der Waals surface area contributed by atoms with E-state index < -0.39 is 11.6 Å². The van der Waals surface area contributed by atoms with Crippen LogP contribution >= 0.6 is 0 Å². The zero-order chi connectivity index (χ0) is 15.6. The molecule has 1 aliphatic rings. The first-order chi connectivity index (χ1) is 9.76. The molecule has 1 atom stereocenters. The average Bonchev–Trinajstić information content (AvgIpc) is 2.86. The fourth-order valence-electron chi connectivity index (χ4n) is 2.24. The number of carboxylic acids is 1. The van der Waals surface area contributed by atoms with Crippen LogP contribution in [0, 0.1) is 0 Å². The molecular formula is C14H20N2O5. The standard InChI is InChI=1S/C14H20N2O5/c1-14(2,3)21-13(19)16-6-4-5-9(7-16)11-15-10(8-20-11)12(17)18/h8-9H,4-7H2,1-3H3,(H,17,18). The van der Waals surface area contributed by atoms with Gasteiger partial charge in [-0.1, -0.05) is 0 Å². The Morgan fingerprint density at radius 3 is 2.76 bits per heavy atom. The molecule has 7 heteroatoms. The van der Waals surface area contributed by atoms with Crippen LogP contribution < -0.4 is 0 Å². The quantitative estimate of drug-likeness (QED) is 0.901. The van der Waals surface area contributed by atoms with E-state index >= 15 is 0 Å². The first-order valence-electron chi connectivity index (χ1n) is 6.93. The van der Waals surface area contributed by atoms with Crippen LogP contribution in [0.4, 0.5) is 4.79 Å². The number of nitrogens with zero attached hydrogens (tertiary/aromatic N) is 2. The van der Waals surface area contributed by atoms with Crippen LogP contribution in [0.3, 0.4) is 0 Å². The maximum atomic E-state index is 12.1. The van der Waals surface area contributed by atoms with E-state index in [1.165, 1.54) is 0 Å². The number of amides is 1. The molecule has 0 aromatic carbocycles. The summed E-state index contributed by atoms with van der Waals surface area (Å²) in [5.41, 5.74) is -0.650. The Morgan fingerprint density at radius 2 is 2.19 bits per heavy atom. The summed E-state index contributed by atoms with van der Waals surface area (Å²) in [5, 5.41) is 8.86. The number of ether oxygens (including phenoxy) is 1. The second kappa shape index (κ2) is 5.75. The Morgan fingerprint density at radius 1 is 1.48 bits per heavy atom. The molecule has 1 aromatic rings. The van der Waals surface area contributed by atoms with Gasteiger partial charge in [-0.3, -0.25) is 0 Å². The molecule has 2 heterocycles. The second-order valence-electron chi connectivity index (χ2n) is 6.14. The molecule has 7 nitrogen and oxygen atoms in total. The van der Waals surface area contributed by atoms with Crippen molar-refractivity contribution in [2.45, 2.75) is 45.1 Å². The van der Waals surface area contributed by atoms with Crippen LogP contribution in [-0.2, 0) is 4.74 Å². The fourth-order valence-corrected chi connectivity index (χ4v) is 2.24. The Balaban J connectivity index is 2.03. The molecule has 1 unspecified atom stereocenters. The third-order valence-electron chi connectivity index (χ3n) is 3.16. The third-order valence-corrected chi connectivity index (χ3v) is 3.16. The van der Waals surface area contributed by atoms with Gasteiger partial charge in [0.15, 0.2) is 11.6 Å². The molecule has 1 amide bonds. The van der Waals surface area contributed by atoms with Crippen molar-refractivity contribution in [2.24, 2.45) is 0 Å². The number of carbonyl (C=O) groups excluding carboxylic acids is 1. The van der Waals surface area contributed by atoms with Crippen molar-refractivity contribution in [3.05, 3.63) is 17.8 Å². The molecule has 0 saturated carbocycles. The highest BCUT2D eigenvalue weighted by Crippen LogP contribution is 2.27. The van der Waals surface area contributed by atoms with Gasteiger partial charge >= 0.3 is 12.1 Å². The number of oxazole rings is 1. The summed E-state index contributed by atoms with van der Waals surface area (Å²) in [4.78, 5) is 28.5. The lowest BCUT2D eigenvalue weighted by Gasteiger charge is -2.32. The first kappa shape index (κ1) is 15.3. The van der Waals surface area contributed by atoms with E-state index in [0.717, 1.165) is 19.1 Å². The minimum atomic E-state index is -1.12. The number of likely N-dealkylation sites (tertiary alicyclic amines) is 1. The molecule has 116 valence electrons. The molecule has 1 N–H and O–H groups in total. The van der Waals surface area contributed by atoms with Crippen LogP contribution in [0.2, 0.25) is 0 Å². The highest BCUT2D eigenvalue weighted by molar-refractivity contribution is 5.84. The molecule has 2 rings (SSSR count). The van der Waals surface area contributed by atoms with E-state index in [-0.39, 0.29) is 17.7 Å². The molecule has 0 radical (unpaired) electrons. The number of aromatic nitrogens is 1. The van der Waals surface area contributed by atoms with Gasteiger partial charge in [0, 0.05) is 13.1 Å². The zero-order valence-corrected chi connectivity index (χ0v) is 12.5. The number of carbonyl (C=O) groups is 2. The smallest absolute Gasteiger partial charge is 0.410 e. The molecular weight excluding hydrogens is 276 g/mol. The molecule has 0 aliphatic carbocycles. The van der Waals surface area contributed by atoms with E-state index in [2.05, 4.69) is 4.98 Å². The Kier molecular flexibility index (Phi) is 4.20. The average molecular weight is 296 g/mol. The summed E-state index contributed by atoms with van der Waals surface area (Å²) in [5.74, 6) is -0.857. The van der Waals surface area contributed by atoms with Gasteiger partial charge in [-0.25, -0.2) is 14.6 Å². The monoisotopic (exact) mass is 296 g/mol. The predicted octanol–water partition coefficient (Wildman–Crippen LogP) is 2.49. The molecule has 1 aliphatic heterocycles. The van der Waals surface area contributed by atoms with Gasteiger partial charge in [0.2, 0.25) is 0 Å². The molecule has 1 saturated heterocycles. The van der Waals surface area contributed by atoms with Gasteiger partial charge < -0.3 is 19.2 Å². The van der Waals surface area contributed by atoms with Crippen molar-refractivity contribution >= 4 is 12.1 Å². The molecule has 1 aromatic heterocycles. The number of carboxylic acid groups (broad SMARTS) is 1. The summed E-state index contributed by atoms with van der Waals surface area (Å²) in [7, 11) is 0. The molecule has 0 bridgehead atoms. The Labute approximate surface area is 122 Å². The summed E-state index contributed by atoms with van der Waals surface area (Å²) < 4.78 is 10.6. The predicted molar refractivity (Wildman–Crippen MR) is 73.2 cm³/mol. The van der Waals surface area contributed by atoms with E-state index in [1.807, 2.05) is 20.8 Å². The van der Waals surface area contributed by atoms with Gasteiger partial charge in [0.1, 0.15) is 11.9 Å². The topological polar surface area (TPSA) is 92.9 Å². The van der Waals surface area contributed by atoms with Crippen LogP contribution in [0.15, 0.2) is 10.7 Å². The highest BCUT2D eigenvalue weighted by atomic mass is 16.6. The van der Waals surface area contributed by atoms with Crippen molar-refractivity contribution in [2.75, 3.05) is 13.1 Å². The summed E-state index contributed by atoms with van der Waals surface area (Å²) in [6.45, 7) is 6.51. The zero-order valence-electron chi connectivity index (χ0n) is 12.5. The summed E-state index contributed by atoms with van der Waals surface area (Å²) >= 11 is 0. The minimum absolute atomic E-state index is 0.0978. The molecule has 0 spiro atoms. The van der Waals surface area contributed by atoms with Crippen molar-refractivity contribution < 1.29 is 23.8 Å². The van der Waals surface area contributed by atoms with E-state index in [4.69, 9.17) is 14.3 Å². The summed E-state index contributed by atoms with van der Waals surface area (Å²) in [6.07, 6.45) is 2.37. The largest absolute Gasteiger partial charge is 0.476 e. The van der Waals surface area contributed by atoms with Gasteiger partial charge in [0.25, 0.3) is 0 Å². The SMILES string of the molecule is CC(C)(C)OC(=O)N1CCCC(c2nc(C(=O)O)co2)C1. The Bertz CT molecular complexity index is 532. The van der Waals surface area contributed by atoms with Crippen LogP contribution in [-0.4, -0.2) is 45.7 Å². The van der Waals surface area contributed by atoms with E-state index in [0.29, 0.717) is 19.0 Å². The molecule has 1 fully saturated rings. The number of piperidine rings is 1. The maximum absolute atomic E-state index is 12.1. The van der Waals surface area contributed by atoms with Gasteiger partial charge in [-0.05, 0) is 33.6 Å². The van der Waals surface area contributed by atoms with Crippen molar-refractivity contribution in [3.63, 3.8) is 0 Å². The van der Waals surface area contributed by atoms with Gasteiger partial charge in [-0.15, -0.1) is 0 Å². The maximum Gasteiger partial charge on any atom is 0.410 e. The van der Waals surface area contributed by atoms with E-state index in [9.17, 15) is 9.59 Å². The van der Waals surface area contributed by atoms with Crippen molar-refractivity contribution in [3.8, 4) is 0 Å². The normalized spacial score (nSPS) is 19.4. The fraction of sp³-hybridized carbons (Fsp3) is 0.643. The highest BCUT2D eigenvalue weighted by Gasteiger charge is 2.30. The van der Waals surface area contributed by atoms with Crippen molar-refractivity contribution in [1.29, 1.82) is 0 Å². The number of hydrogen-bond donors (Lipinski definition) is 1. The lowest BCUT2D eigenvalue weighted by atomic mass is 9.98. The van der Waals surface area contributed by atoms with Crippen LogP contribution in [0.5, 0.6) is 0 Å². The van der Waals surface area contributed by atoms with Gasteiger partial charge in [-0.2, -0.15) is 0 Å². The third kappa shape index (κ3) is 3.96. The molecule has 21 heavy (non-hydrogen) atoms. The van der Waals surface area contributed by atoms with Gasteiger partial charge in [0.05, 0.1) is 5.92 Å². The Hall–Kier alpha value is -2.05. The first-order valence-corrected chi connectivity index (χ1v) is 6.93. The van der Waals surface area contributed by atoms with Crippen LogP contribution in [0.1, 0.15) is 55.9 Å². The van der Waals surface area contributed by atoms with E-state index in [1.54, 1.807) is 4.90 Å². The lowest BCUT2D eigenvalue weighted by molar-refractivity contribution is 0.0190. The number of aromatic carboxylic acids is 1. The number of rotatable bonds is 2. The second-order valence-corrected chi connectivity index (χ2v) is 6.14. The van der Waals surface area contributed by atoms with Crippen molar-refractivity contribution in [1.82, 2.24) is 9.88 Å². The summed E-state index contributed by atoms with van der Waals surface area (Å²) in [6, 6.07) is 0.